The summed E-state index contributed by atoms with van der Waals surface area (Å²) < 4.78 is 142. The monoisotopic (exact) mass is 699 g/mol. The predicted octanol–water partition coefficient (Wildman–Crippen LogP) is 8.60. The fourth-order valence-electron chi connectivity index (χ4n) is 3.63. The molecule has 3 aromatic rings. The Kier molecular flexibility index (Phi) is 8.69. The van der Waals surface area contributed by atoms with Crippen LogP contribution in [0.15, 0.2) is 71.8 Å². The number of aromatic nitrogens is 1. The Morgan fingerprint density at radius 3 is 1.95 bits per heavy atom. The molecule has 0 aliphatic heterocycles. The van der Waals surface area contributed by atoms with Crippen LogP contribution >= 0.6 is 34.9 Å². The molecule has 1 atom stereocenters. The fraction of sp³-hybridized carbons (Fsp3) is 0.174. The summed E-state index contributed by atoms with van der Waals surface area (Å²) in [6.45, 7) is 0. The van der Waals surface area contributed by atoms with Crippen molar-refractivity contribution >= 4 is 58.1 Å². The molecular weight excluding hydrogens is 688 g/mol. The van der Waals surface area contributed by atoms with Crippen molar-refractivity contribution in [2.75, 3.05) is 4.90 Å². The Morgan fingerprint density at radius 2 is 1.44 bits per heavy atom. The fourth-order valence-corrected chi connectivity index (χ4v) is 7.97. The minimum Gasteiger partial charge on any atom is -0.366 e. The van der Waals surface area contributed by atoms with E-state index >= 15 is 4.39 Å². The summed E-state index contributed by atoms with van der Waals surface area (Å²) in [5.74, 6) is -2.52. The van der Waals surface area contributed by atoms with Gasteiger partial charge in [-0.05, 0) is 65.7 Å². The molecule has 0 fully saturated rings. The second-order valence-corrected chi connectivity index (χ2v) is 13.8. The third-order valence-electron chi connectivity index (χ3n) is 5.43. The number of pyridine rings is 1. The van der Waals surface area contributed by atoms with Gasteiger partial charge < -0.3 is 5.73 Å². The number of primary amides is 1. The Balaban J connectivity index is 2.52. The van der Waals surface area contributed by atoms with Crippen LogP contribution in [-0.4, -0.2) is 39.7 Å². The molecule has 0 saturated heterocycles. The van der Waals surface area contributed by atoms with Crippen molar-refractivity contribution in [3.8, 4) is 0 Å². The standard InChI is InChI=1S/C23H13BrClF10N3O2S/c24-41(23(33,34)35,20(26,21(27,28)29)22(30,31)32)16-9-2-1-8-15(16)38(13-6-3-5-12(11-13)18(36)39)19(40)14-7-4-10-37-17(14)25/h1-11H,(H2,36,39). The summed E-state index contributed by atoms with van der Waals surface area (Å²) in [6, 6.07) is 8.40. The van der Waals surface area contributed by atoms with Crippen molar-refractivity contribution in [2.24, 2.45) is 5.73 Å². The molecule has 0 saturated carbocycles. The zero-order valence-corrected chi connectivity index (χ0v) is 22.7. The molecule has 222 valence electrons. The largest absolute Gasteiger partial charge is 0.441 e. The van der Waals surface area contributed by atoms with Crippen LogP contribution in [-0.2, 0) is 0 Å². The van der Waals surface area contributed by atoms with E-state index in [-0.39, 0.29) is 16.5 Å². The Labute approximate surface area is 237 Å². The SMILES string of the molecule is NC(=O)c1cccc(N(C(=O)c2cccnc2Cl)c2ccccc2S(Br)(C(F)(F)F)C(F)(C(F)(F)F)C(F)(F)F)c1. The Morgan fingerprint density at radius 1 is 0.854 bits per heavy atom. The first-order valence-electron chi connectivity index (χ1n) is 10.5. The number of rotatable bonds is 6. The zero-order chi connectivity index (χ0) is 31.2. The van der Waals surface area contributed by atoms with Gasteiger partial charge in [0.2, 0.25) is 5.91 Å². The molecule has 1 aromatic heterocycles. The first-order chi connectivity index (χ1) is 18.7. The highest BCUT2D eigenvalue weighted by atomic mass is 79.9. The molecular formula is C23H13BrClF10N3O2S. The Hall–Kier alpha value is -3.05. The number of carbonyl (C=O) groups excluding carboxylic acids is 2. The van der Waals surface area contributed by atoms with E-state index in [4.69, 9.17) is 17.3 Å². The molecule has 2 N–H and O–H groups in total. The molecule has 18 heteroatoms. The topological polar surface area (TPSA) is 76.3 Å². The number of hydrogen-bond acceptors (Lipinski definition) is 3. The molecule has 0 radical (unpaired) electrons. The second-order valence-electron chi connectivity index (χ2n) is 7.94. The number of alkyl halides is 10. The van der Waals surface area contributed by atoms with Crippen LogP contribution in [0.5, 0.6) is 0 Å². The van der Waals surface area contributed by atoms with Crippen molar-refractivity contribution in [1.29, 1.82) is 0 Å². The van der Waals surface area contributed by atoms with Crippen LogP contribution < -0.4 is 10.6 Å². The van der Waals surface area contributed by atoms with Gasteiger partial charge in [0, 0.05) is 16.7 Å². The Bertz CT molecular complexity index is 1470. The number of para-hydroxylation sites is 1. The van der Waals surface area contributed by atoms with E-state index < -0.39 is 70.1 Å². The van der Waals surface area contributed by atoms with Crippen LogP contribution in [0.4, 0.5) is 55.3 Å². The van der Waals surface area contributed by atoms with Gasteiger partial charge in [0.15, 0.2) is 0 Å². The molecule has 1 heterocycles. The van der Waals surface area contributed by atoms with Gasteiger partial charge in [0.25, 0.3) is 5.91 Å². The average Bonchev–Trinajstić information content (AvgIpc) is 2.86. The lowest BCUT2D eigenvalue weighted by Gasteiger charge is -2.48. The van der Waals surface area contributed by atoms with Crippen LogP contribution in [0.3, 0.4) is 0 Å². The number of benzene rings is 2. The van der Waals surface area contributed by atoms with E-state index in [2.05, 4.69) is 4.98 Å². The summed E-state index contributed by atoms with van der Waals surface area (Å²) in [5.41, 5.74) is -4.05. The molecule has 0 aliphatic carbocycles. The van der Waals surface area contributed by atoms with Crippen molar-refractivity contribution in [1.82, 2.24) is 4.98 Å². The minimum atomic E-state index is -7.15. The molecule has 0 aliphatic rings. The molecule has 0 spiro atoms. The lowest BCUT2D eigenvalue weighted by molar-refractivity contribution is -0.306. The van der Waals surface area contributed by atoms with E-state index in [1.54, 1.807) is 14.8 Å². The van der Waals surface area contributed by atoms with Gasteiger partial charge >= 0.3 is 22.9 Å². The van der Waals surface area contributed by atoms with Gasteiger partial charge in [-0.2, -0.15) is 39.5 Å². The van der Waals surface area contributed by atoms with Crippen LogP contribution in [0.25, 0.3) is 0 Å². The molecule has 3 rings (SSSR count). The van der Waals surface area contributed by atoms with Gasteiger partial charge in [0.1, 0.15) is 5.15 Å². The maximum atomic E-state index is 15.5. The molecule has 2 aromatic carbocycles. The van der Waals surface area contributed by atoms with Crippen molar-refractivity contribution in [3.05, 3.63) is 83.1 Å². The zero-order valence-electron chi connectivity index (χ0n) is 19.6. The lowest BCUT2D eigenvalue weighted by atomic mass is 10.1. The van der Waals surface area contributed by atoms with Crippen LogP contribution in [0.2, 0.25) is 5.15 Å². The molecule has 2 amide bonds. The smallest absolute Gasteiger partial charge is 0.366 e. The first kappa shape index (κ1) is 32.5. The maximum absolute atomic E-state index is 15.5. The van der Waals surface area contributed by atoms with Crippen LogP contribution in [0, 0.1) is 0 Å². The van der Waals surface area contributed by atoms with Gasteiger partial charge in [0.05, 0.1) is 16.9 Å². The number of carbonyl (C=O) groups is 2. The highest BCUT2D eigenvalue weighted by Crippen LogP contribution is 2.86. The number of amides is 2. The quantitative estimate of drug-likeness (QED) is 0.207. The highest BCUT2D eigenvalue weighted by molar-refractivity contribution is 9.58. The average molecular weight is 701 g/mol. The molecule has 1 unspecified atom stereocenters. The number of nitrogens with two attached hydrogens (primary N) is 1. The first-order valence-corrected chi connectivity index (χ1v) is 14.4. The summed E-state index contributed by atoms with van der Waals surface area (Å²) >= 11 is 7.49. The van der Waals surface area contributed by atoms with E-state index in [0.29, 0.717) is 12.1 Å². The molecule has 5 nitrogen and oxygen atoms in total. The summed E-state index contributed by atoms with van der Waals surface area (Å²) in [5, 5.41) is -7.46. The number of nitrogens with zero attached hydrogens (tertiary/aromatic N) is 2. The molecule has 0 bridgehead atoms. The normalized spacial score (nSPS) is 15.1. The van der Waals surface area contributed by atoms with E-state index in [1.807, 2.05) is 0 Å². The maximum Gasteiger partial charge on any atom is 0.441 e. The van der Waals surface area contributed by atoms with Gasteiger partial charge in [-0.1, -0.05) is 29.8 Å². The third-order valence-corrected chi connectivity index (χ3v) is 12.0. The summed E-state index contributed by atoms with van der Waals surface area (Å²) in [4.78, 5) is 27.4. The van der Waals surface area contributed by atoms with Gasteiger partial charge in [-0.25, -0.2) is 9.37 Å². The summed E-state index contributed by atoms with van der Waals surface area (Å²) in [7, 11) is -6.86. The van der Waals surface area contributed by atoms with Gasteiger partial charge in [-0.15, -0.1) is 0 Å². The molecule has 41 heavy (non-hydrogen) atoms. The lowest BCUT2D eigenvalue weighted by Crippen LogP contribution is -2.57. The number of halogens is 12. The van der Waals surface area contributed by atoms with Crippen LogP contribution in [0.1, 0.15) is 20.7 Å². The van der Waals surface area contributed by atoms with Gasteiger partial charge in [-0.3, -0.25) is 14.5 Å². The van der Waals surface area contributed by atoms with E-state index in [9.17, 15) is 49.1 Å². The second kappa shape index (κ2) is 11.0. The number of anilines is 2. The summed E-state index contributed by atoms with van der Waals surface area (Å²) in [6.07, 6.45) is -13.2. The highest BCUT2D eigenvalue weighted by Gasteiger charge is 2.85. The minimum absolute atomic E-state index is 0.168. The third kappa shape index (κ3) is 5.46. The van der Waals surface area contributed by atoms with E-state index in [1.165, 1.54) is 0 Å². The predicted molar refractivity (Wildman–Crippen MR) is 134 cm³/mol. The number of hydrogen-bond donors (Lipinski definition) is 1. The van der Waals surface area contributed by atoms with Crippen molar-refractivity contribution in [3.63, 3.8) is 0 Å². The van der Waals surface area contributed by atoms with Crippen molar-refractivity contribution in [2.45, 2.75) is 27.8 Å². The van der Waals surface area contributed by atoms with Crippen molar-refractivity contribution < 1.29 is 53.5 Å². The van der Waals surface area contributed by atoms with E-state index in [0.717, 1.165) is 48.7 Å².